The second-order valence-corrected chi connectivity index (χ2v) is 5.03. The Bertz CT molecular complexity index is 120. The first-order valence-corrected chi connectivity index (χ1v) is 5.31. The molecule has 0 spiro atoms. The predicted octanol–water partition coefficient (Wildman–Crippen LogP) is 3.38. The fraction of sp³-hybridized carbons (Fsp3) is 1.00. The molecular weight excluding hydrogens is 152 g/mol. The highest BCUT2D eigenvalue weighted by molar-refractivity contribution is 7.81. The molecule has 0 heterocycles. The van der Waals surface area contributed by atoms with Crippen LogP contribution >= 0.6 is 12.6 Å². The van der Waals surface area contributed by atoms with Crippen molar-refractivity contribution in [2.24, 2.45) is 17.8 Å². The van der Waals surface area contributed by atoms with Gasteiger partial charge in [0.25, 0.3) is 0 Å². The van der Waals surface area contributed by atoms with Crippen molar-refractivity contribution >= 4 is 12.6 Å². The molecule has 0 nitrogen and oxygen atoms in total. The molecule has 1 aliphatic rings. The van der Waals surface area contributed by atoms with E-state index < -0.39 is 0 Å². The van der Waals surface area contributed by atoms with Gasteiger partial charge in [-0.3, -0.25) is 0 Å². The number of hydrogen-bond acceptors (Lipinski definition) is 1. The van der Waals surface area contributed by atoms with Crippen molar-refractivity contribution in [1.82, 2.24) is 0 Å². The minimum atomic E-state index is 0.663. The van der Waals surface area contributed by atoms with E-state index in [1.807, 2.05) is 0 Å². The smallest absolute Gasteiger partial charge is 0.00451 e. The molecule has 0 radical (unpaired) electrons. The van der Waals surface area contributed by atoms with Crippen molar-refractivity contribution in [3.05, 3.63) is 0 Å². The zero-order valence-corrected chi connectivity index (χ0v) is 8.77. The van der Waals surface area contributed by atoms with E-state index >= 15 is 0 Å². The summed E-state index contributed by atoms with van der Waals surface area (Å²) in [6.07, 6.45) is 4.15. The van der Waals surface area contributed by atoms with Gasteiger partial charge in [0.1, 0.15) is 0 Å². The minimum absolute atomic E-state index is 0.663. The van der Waals surface area contributed by atoms with Crippen LogP contribution in [-0.2, 0) is 0 Å². The Morgan fingerprint density at radius 3 is 2.36 bits per heavy atom. The predicted molar refractivity (Wildman–Crippen MR) is 54.1 cm³/mol. The summed E-state index contributed by atoms with van der Waals surface area (Å²) >= 11 is 4.61. The van der Waals surface area contributed by atoms with E-state index in [-0.39, 0.29) is 0 Å². The molecule has 1 heteroatoms. The van der Waals surface area contributed by atoms with Crippen LogP contribution in [0.3, 0.4) is 0 Å². The molecule has 1 aliphatic carbocycles. The summed E-state index contributed by atoms with van der Waals surface area (Å²) in [7, 11) is 0. The van der Waals surface area contributed by atoms with Gasteiger partial charge in [-0.05, 0) is 37.0 Å². The normalized spacial score (nSPS) is 39.5. The average molecular weight is 172 g/mol. The highest BCUT2D eigenvalue weighted by Crippen LogP contribution is 2.35. The summed E-state index contributed by atoms with van der Waals surface area (Å²) in [5.74, 6) is 2.64. The molecule has 0 aromatic rings. The molecule has 0 aromatic heterocycles. The van der Waals surface area contributed by atoms with Crippen LogP contribution < -0.4 is 0 Å². The van der Waals surface area contributed by atoms with Gasteiger partial charge in [-0.1, -0.05) is 20.8 Å². The first-order valence-electron chi connectivity index (χ1n) is 4.79. The zero-order valence-electron chi connectivity index (χ0n) is 7.88. The van der Waals surface area contributed by atoms with Gasteiger partial charge in [0.2, 0.25) is 0 Å². The largest absolute Gasteiger partial charge is 0.176 e. The van der Waals surface area contributed by atoms with Crippen molar-refractivity contribution in [3.8, 4) is 0 Å². The van der Waals surface area contributed by atoms with E-state index in [0.29, 0.717) is 5.25 Å². The average Bonchev–Trinajstić information content (AvgIpc) is 1.94. The molecular formula is C10H20S. The van der Waals surface area contributed by atoms with Gasteiger partial charge in [0.15, 0.2) is 0 Å². The Labute approximate surface area is 76.2 Å². The maximum Gasteiger partial charge on any atom is 0.00451 e. The van der Waals surface area contributed by atoms with Gasteiger partial charge in [-0.2, -0.15) is 12.6 Å². The van der Waals surface area contributed by atoms with Crippen molar-refractivity contribution in [1.29, 1.82) is 0 Å². The van der Waals surface area contributed by atoms with Crippen LogP contribution in [0.15, 0.2) is 0 Å². The van der Waals surface area contributed by atoms with Gasteiger partial charge >= 0.3 is 0 Å². The van der Waals surface area contributed by atoms with E-state index in [1.165, 1.54) is 19.3 Å². The van der Waals surface area contributed by atoms with Gasteiger partial charge in [0, 0.05) is 5.25 Å². The number of thiol groups is 1. The highest BCUT2D eigenvalue weighted by Gasteiger charge is 2.26. The van der Waals surface area contributed by atoms with Crippen LogP contribution in [0.5, 0.6) is 0 Å². The molecule has 0 aliphatic heterocycles. The third-order valence-electron chi connectivity index (χ3n) is 3.14. The van der Waals surface area contributed by atoms with E-state index in [0.717, 1.165) is 17.8 Å². The third kappa shape index (κ3) is 2.40. The quantitative estimate of drug-likeness (QED) is 0.576. The minimum Gasteiger partial charge on any atom is -0.176 e. The van der Waals surface area contributed by atoms with Crippen LogP contribution in [0, 0.1) is 17.8 Å². The molecule has 0 N–H and O–H groups in total. The summed E-state index contributed by atoms with van der Waals surface area (Å²) in [5.41, 5.74) is 0. The summed E-state index contributed by atoms with van der Waals surface area (Å²) in [6.45, 7) is 7.00. The molecule has 11 heavy (non-hydrogen) atoms. The molecule has 3 unspecified atom stereocenters. The summed E-state index contributed by atoms with van der Waals surface area (Å²) in [6, 6.07) is 0. The third-order valence-corrected chi connectivity index (χ3v) is 3.86. The standard InChI is InChI=1S/C10H20S/c1-7(2)9-5-4-8(3)10(11)6-9/h7-11H,4-6H2,1-3H3. The van der Waals surface area contributed by atoms with Crippen molar-refractivity contribution in [3.63, 3.8) is 0 Å². The van der Waals surface area contributed by atoms with Crippen molar-refractivity contribution < 1.29 is 0 Å². The lowest BCUT2D eigenvalue weighted by molar-refractivity contribution is 0.243. The molecule has 0 bridgehead atoms. The monoisotopic (exact) mass is 172 g/mol. The van der Waals surface area contributed by atoms with Gasteiger partial charge < -0.3 is 0 Å². The van der Waals surface area contributed by atoms with E-state index in [2.05, 4.69) is 33.4 Å². The summed E-state index contributed by atoms with van der Waals surface area (Å²) < 4.78 is 0. The lowest BCUT2D eigenvalue weighted by atomic mass is 9.77. The molecule has 0 amide bonds. The van der Waals surface area contributed by atoms with Crippen LogP contribution in [0.1, 0.15) is 40.0 Å². The molecule has 1 rings (SSSR count). The Morgan fingerprint density at radius 1 is 1.27 bits per heavy atom. The van der Waals surface area contributed by atoms with Crippen LogP contribution in [0.4, 0.5) is 0 Å². The maximum atomic E-state index is 4.61. The van der Waals surface area contributed by atoms with Crippen LogP contribution in [-0.4, -0.2) is 5.25 Å². The molecule has 3 atom stereocenters. The van der Waals surface area contributed by atoms with E-state index in [1.54, 1.807) is 0 Å². The van der Waals surface area contributed by atoms with Gasteiger partial charge in [-0.25, -0.2) is 0 Å². The molecule has 1 fully saturated rings. The second kappa shape index (κ2) is 3.84. The van der Waals surface area contributed by atoms with Crippen molar-refractivity contribution in [2.75, 3.05) is 0 Å². The van der Waals surface area contributed by atoms with Crippen LogP contribution in [0.2, 0.25) is 0 Å². The molecule has 66 valence electrons. The Morgan fingerprint density at radius 2 is 1.91 bits per heavy atom. The second-order valence-electron chi connectivity index (χ2n) is 4.36. The fourth-order valence-corrected chi connectivity index (χ4v) is 2.36. The number of rotatable bonds is 1. The highest BCUT2D eigenvalue weighted by atomic mass is 32.1. The topological polar surface area (TPSA) is 0 Å². The summed E-state index contributed by atoms with van der Waals surface area (Å²) in [4.78, 5) is 0. The van der Waals surface area contributed by atoms with Crippen molar-refractivity contribution in [2.45, 2.75) is 45.3 Å². The Hall–Kier alpha value is 0.350. The fourth-order valence-electron chi connectivity index (χ4n) is 1.94. The Balaban J connectivity index is 2.40. The zero-order chi connectivity index (χ0) is 8.43. The van der Waals surface area contributed by atoms with Gasteiger partial charge in [0.05, 0.1) is 0 Å². The first-order chi connectivity index (χ1) is 5.11. The first kappa shape index (κ1) is 9.44. The van der Waals surface area contributed by atoms with Gasteiger partial charge in [-0.15, -0.1) is 0 Å². The van der Waals surface area contributed by atoms with Crippen LogP contribution in [0.25, 0.3) is 0 Å². The van der Waals surface area contributed by atoms with E-state index in [4.69, 9.17) is 0 Å². The lowest BCUT2D eigenvalue weighted by Crippen LogP contribution is -2.26. The molecule has 1 saturated carbocycles. The molecule has 0 saturated heterocycles. The summed E-state index contributed by atoms with van der Waals surface area (Å²) in [5, 5.41) is 0.663. The SMILES string of the molecule is CC(C)C1CCC(C)C(S)C1. The Kier molecular flexibility index (Phi) is 3.29. The number of hydrogen-bond donors (Lipinski definition) is 1. The molecule has 0 aromatic carbocycles. The maximum absolute atomic E-state index is 4.61. The van der Waals surface area contributed by atoms with E-state index in [9.17, 15) is 0 Å². The lowest BCUT2D eigenvalue weighted by Gasteiger charge is -2.33.